The summed E-state index contributed by atoms with van der Waals surface area (Å²) >= 11 is 0. The Bertz CT molecular complexity index is 475. The van der Waals surface area contributed by atoms with Crippen molar-refractivity contribution in [2.45, 2.75) is 32.2 Å². The molecule has 0 saturated heterocycles. The van der Waals surface area contributed by atoms with Crippen LogP contribution in [-0.2, 0) is 16.1 Å². The second-order valence-corrected chi connectivity index (χ2v) is 5.45. The molecule has 1 aliphatic rings. The fourth-order valence-corrected chi connectivity index (χ4v) is 2.79. The van der Waals surface area contributed by atoms with E-state index in [1.54, 1.807) is 24.3 Å². The molecule has 1 aromatic rings. The van der Waals surface area contributed by atoms with Gasteiger partial charge in [-0.25, -0.2) is 0 Å². The molecule has 108 valence electrons. The Morgan fingerprint density at radius 1 is 1.40 bits per heavy atom. The van der Waals surface area contributed by atoms with Crippen molar-refractivity contribution in [2.75, 3.05) is 7.05 Å². The summed E-state index contributed by atoms with van der Waals surface area (Å²) in [5.41, 5.74) is 0.981. The predicted molar refractivity (Wildman–Crippen MR) is 73.8 cm³/mol. The van der Waals surface area contributed by atoms with E-state index < -0.39 is 5.97 Å². The fourth-order valence-electron chi connectivity index (χ4n) is 2.79. The summed E-state index contributed by atoms with van der Waals surface area (Å²) in [4.78, 5) is 29.1. The van der Waals surface area contributed by atoms with Gasteiger partial charge in [-0.3, -0.25) is 14.6 Å². The lowest BCUT2D eigenvalue weighted by atomic mass is 9.81. The van der Waals surface area contributed by atoms with Crippen LogP contribution in [0.4, 0.5) is 0 Å². The third kappa shape index (κ3) is 3.56. The van der Waals surface area contributed by atoms with Crippen LogP contribution in [0.5, 0.6) is 0 Å². The van der Waals surface area contributed by atoms with Crippen LogP contribution >= 0.6 is 0 Å². The monoisotopic (exact) mass is 276 g/mol. The van der Waals surface area contributed by atoms with E-state index in [9.17, 15) is 9.59 Å². The number of rotatable bonds is 4. The van der Waals surface area contributed by atoms with E-state index in [0.29, 0.717) is 19.4 Å². The van der Waals surface area contributed by atoms with E-state index in [2.05, 4.69) is 4.98 Å². The molecule has 0 aromatic carbocycles. The Balaban J connectivity index is 1.94. The van der Waals surface area contributed by atoms with Gasteiger partial charge in [-0.15, -0.1) is 0 Å². The number of nitrogens with zero attached hydrogens (tertiary/aromatic N) is 2. The zero-order valence-corrected chi connectivity index (χ0v) is 11.7. The first-order chi connectivity index (χ1) is 9.58. The molecule has 0 aliphatic heterocycles. The van der Waals surface area contributed by atoms with Crippen LogP contribution < -0.4 is 0 Å². The molecule has 0 radical (unpaired) electrons. The summed E-state index contributed by atoms with van der Waals surface area (Å²) in [6.45, 7) is 0.515. The van der Waals surface area contributed by atoms with E-state index in [-0.39, 0.29) is 17.7 Å². The SMILES string of the molecule is CN(Cc1cccnc1)C(=O)C1CCCC(C(=O)O)C1. The normalized spacial score (nSPS) is 22.2. The van der Waals surface area contributed by atoms with Crippen LogP contribution in [-0.4, -0.2) is 33.9 Å². The van der Waals surface area contributed by atoms with E-state index in [1.807, 2.05) is 12.1 Å². The minimum absolute atomic E-state index is 0.0415. The Hall–Kier alpha value is -1.91. The van der Waals surface area contributed by atoms with Gasteiger partial charge >= 0.3 is 5.97 Å². The highest BCUT2D eigenvalue weighted by Gasteiger charge is 2.32. The molecule has 0 bridgehead atoms. The van der Waals surface area contributed by atoms with Crippen LogP contribution in [0.25, 0.3) is 0 Å². The van der Waals surface area contributed by atoms with Crippen molar-refractivity contribution in [3.05, 3.63) is 30.1 Å². The first-order valence-electron chi connectivity index (χ1n) is 6.94. The van der Waals surface area contributed by atoms with Crippen LogP contribution in [0.2, 0.25) is 0 Å². The molecule has 1 fully saturated rings. The Labute approximate surface area is 118 Å². The number of amides is 1. The van der Waals surface area contributed by atoms with Gasteiger partial charge in [0.15, 0.2) is 0 Å². The lowest BCUT2D eigenvalue weighted by molar-refractivity contribution is -0.145. The molecule has 5 nitrogen and oxygen atoms in total. The van der Waals surface area contributed by atoms with E-state index >= 15 is 0 Å². The average molecular weight is 276 g/mol. The van der Waals surface area contributed by atoms with Gasteiger partial charge in [0.25, 0.3) is 0 Å². The molecule has 1 aliphatic carbocycles. The number of carbonyl (C=O) groups is 2. The van der Waals surface area contributed by atoms with Gasteiger partial charge in [0.05, 0.1) is 5.92 Å². The summed E-state index contributed by atoms with van der Waals surface area (Å²) in [6.07, 6.45) is 6.19. The Morgan fingerprint density at radius 3 is 2.80 bits per heavy atom. The van der Waals surface area contributed by atoms with Crippen molar-refractivity contribution < 1.29 is 14.7 Å². The van der Waals surface area contributed by atoms with Crippen molar-refractivity contribution in [3.8, 4) is 0 Å². The van der Waals surface area contributed by atoms with Gasteiger partial charge in [-0.1, -0.05) is 12.5 Å². The number of aliphatic carboxylic acids is 1. The van der Waals surface area contributed by atoms with Gasteiger partial charge in [0.2, 0.25) is 5.91 Å². The van der Waals surface area contributed by atoms with Crippen molar-refractivity contribution in [1.82, 2.24) is 9.88 Å². The number of pyridine rings is 1. The number of aromatic nitrogens is 1. The summed E-state index contributed by atoms with van der Waals surface area (Å²) in [6, 6.07) is 3.77. The average Bonchev–Trinajstić information content (AvgIpc) is 2.47. The highest BCUT2D eigenvalue weighted by Crippen LogP contribution is 2.30. The second kappa shape index (κ2) is 6.50. The molecule has 0 spiro atoms. The maximum atomic E-state index is 12.4. The molecule has 1 saturated carbocycles. The second-order valence-electron chi connectivity index (χ2n) is 5.45. The summed E-state index contributed by atoms with van der Waals surface area (Å²) in [5, 5.41) is 9.08. The van der Waals surface area contributed by atoms with Gasteiger partial charge in [-0.05, 0) is 30.9 Å². The van der Waals surface area contributed by atoms with Crippen LogP contribution in [0.1, 0.15) is 31.2 Å². The van der Waals surface area contributed by atoms with Crippen molar-refractivity contribution in [3.63, 3.8) is 0 Å². The minimum Gasteiger partial charge on any atom is -0.481 e. The van der Waals surface area contributed by atoms with Gasteiger partial charge < -0.3 is 10.0 Å². The lowest BCUT2D eigenvalue weighted by Crippen LogP contribution is -2.36. The molecule has 1 aromatic heterocycles. The maximum absolute atomic E-state index is 12.4. The number of hydrogen-bond acceptors (Lipinski definition) is 3. The molecular weight excluding hydrogens is 256 g/mol. The van der Waals surface area contributed by atoms with Crippen molar-refractivity contribution >= 4 is 11.9 Å². The predicted octanol–water partition coefficient (Wildman–Crippen LogP) is 1.93. The molecule has 2 atom stereocenters. The quantitative estimate of drug-likeness (QED) is 0.912. The molecular formula is C15H20N2O3. The van der Waals surface area contributed by atoms with E-state index in [4.69, 9.17) is 5.11 Å². The highest BCUT2D eigenvalue weighted by atomic mass is 16.4. The smallest absolute Gasteiger partial charge is 0.306 e. The molecule has 1 N–H and O–H groups in total. The van der Waals surface area contributed by atoms with E-state index in [0.717, 1.165) is 18.4 Å². The number of carbonyl (C=O) groups excluding carboxylic acids is 1. The topological polar surface area (TPSA) is 70.5 Å². The first-order valence-corrected chi connectivity index (χ1v) is 6.94. The molecule has 2 unspecified atom stereocenters. The number of hydrogen-bond donors (Lipinski definition) is 1. The highest BCUT2D eigenvalue weighted by molar-refractivity contribution is 5.80. The molecule has 1 heterocycles. The van der Waals surface area contributed by atoms with Crippen molar-refractivity contribution in [1.29, 1.82) is 0 Å². The zero-order valence-electron chi connectivity index (χ0n) is 11.7. The standard InChI is InChI=1S/C15H20N2O3/c1-17(10-11-4-3-7-16-9-11)14(18)12-5-2-6-13(8-12)15(19)20/h3-4,7,9,12-13H,2,5-6,8,10H2,1H3,(H,19,20). The molecule has 20 heavy (non-hydrogen) atoms. The number of carboxylic acid groups (broad SMARTS) is 1. The van der Waals surface area contributed by atoms with Crippen LogP contribution in [0, 0.1) is 11.8 Å². The molecule has 2 rings (SSSR count). The first kappa shape index (κ1) is 14.5. The molecule has 1 amide bonds. The Kier molecular flexibility index (Phi) is 4.71. The third-order valence-electron chi connectivity index (χ3n) is 3.89. The van der Waals surface area contributed by atoms with Crippen molar-refractivity contribution in [2.24, 2.45) is 11.8 Å². The van der Waals surface area contributed by atoms with Crippen LogP contribution in [0.3, 0.4) is 0 Å². The fraction of sp³-hybridized carbons (Fsp3) is 0.533. The summed E-state index contributed by atoms with van der Waals surface area (Å²) in [7, 11) is 1.76. The Morgan fingerprint density at radius 2 is 2.15 bits per heavy atom. The number of carboxylic acids is 1. The lowest BCUT2D eigenvalue weighted by Gasteiger charge is -2.29. The van der Waals surface area contributed by atoms with Gasteiger partial charge in [0, 0.05) is 31.9 Å². The van der Waals surface area contributed by atoms with E-state index in [1.165, 1.54) is 0 Å². The van der Waals surface area contributed by atoms with Gasteiger partial charge in [0.1, 0.15) is 0 Å². The minimum atomic E-state index is -0.780. The zero-order chi connectivity index (χ0) is 14.5. The maximum Gasteiger partial charge on any atom is 0.306 e. The molecule has 5 heteroatoms. The summed E-state index contributed by atoms with van der Waals surface area (Å²) in [5.74, 6) is -1.27. The third-order valence-corrected chi connectivity index (χ3v) is 3.89. The van der Waals surface area contributed by atoms with Crippen LogP contribution in [0.15, 0.2) is 24.5 Å². The summed E-state index contributed by atoms with van der Waals surface area (Å²) < 4.78 is 0. The largest absolute Gasteiger partial charge is 0.481 e. The van der Waals surface area contributed by atoms with Gasteiger partial charge in [-0.2, -0.15) is 0 Å².